The molecule has 0 fully saturated rings. The number of nitrogens with zero attached hydrogens (tertiary/aromatic N) is 1. The molecule has 0 radical (unpaired) electrons. The van der Waals surface area contributed by atoms with Gasteiger partial charge in [-0.25, -0.2) is 4.79 Å². The molecule has 29 heavy (non-hydrogen) atoms. The Morgan fingerprint density at radius 1 is 0.966 bits per heavy atom. The highest BCUT2D eigenvalue weighted by atomic mass is 16.6. The van der Waals surface area contributed by atoms with Crippen LogP contribution in [0.5, 0.6) is 0 Å². The van der Waals surface area contributed by atoms with Crippen LogP contribution in [0.1, 0.15) is 32.8 Å². The van der Waals surface area contributed by atoms with Gasteiger partial charge in [-0.1, -0.05) is 48.5 Å². The van der Waals surface area contributed by atoms with E-state index in [1.807, 2.05) is 51.1 Å². The summed E-state index contributed by atoms with van der Waals surface area (Å²) in [4.78, 5) is 26.7. The Hall–Kier alpha value is -3.08. The molecule has 1 aliphatic rings. The fraction of sp³-hybridized carbons (Fsp3) is 0.333. The highest BCUT2D eigenvalue weighted by molar-refractivity contribution is 6.02. The molecule has 0 spiro atoms. The predicted molar refractivity (Wildman–Crippen MR) is 115 cm³/mol. The predicted octanol–water partition coefficient (Wildman–Crippen LogP) is 4.49. The van der Waals surface area contributed by atoms with Crippen LogP contribution < -0.4 is 5.32 Å². The van der Waals surface area contributed by atoms with Crippen LogP contribution in [0.15, 0.2) is 60.2 Å². The first kappa shape index (κ1) is 20.6. The van der Waals surface area contributed by atoms with E-state index in [0.717, 1.165) is 22.3 Å². The molecule has 0 saturated heterocycles. The van der Waals surface area contributed by atoms with Crippen molar-refractivity contribution < 1.29 is 14.3 Å². The van der Waals surface area contributed by atoms with E-state index in [9.17, 15) is 9.59 Å². The maximum absolute atomic E-state index is 12.6. The number of hydrogen-bond acceptors (Lipinski definition) is 3. The Labute approximate surface area is 172 Å². The van der Waals surface area contributed by atoms with E-state index in [1.54, 1.807) is 11.9 Å². The van der Waals surface area contributed by atoms with E-state index in [2.05, 4.69) is 29.6 Å². The Kier molecular flexibility index (Phi) is 6.06. The van der Waals surface area contributed by atoms with Crippen molar-refractivity contribution in [3.8, 4) is 11.1 Å². The lowest BCUT2D eigenvalue weighted by molar-refractivity contribution is -0.117. The maximum atomic E-state index is 12.6. The van der Waals surface area contributed by atoms with Gasteiger partial charge in [0.25, 0.3) is 0 Å². The fourth-order valence-corrected chi connectivity index (χ4v) is 3.44. The molecule has 1 heterocycles. The van der Waals surface area contributed by atoms with E-state index >= 15 is 0 Å². The minimum atomic E-state index is -0.571. The average molecular weight is 392 g/mol. The molecule has 0 aliphatic carbocycles. The topological polar surface area (TPSA) is 58.6 Å². The van der Waals surface area contributed by atoms with E-state index in [4.69, 9.17) is 4.74 Å². The molecule has 0 unspecified atom stereocenters. The third kappa shape index (κ3) is 5.05. The number of amides is 2. The molecular formula is C24H28N2O3. The quantitative estimate of drug-likeness (QED) is 0.837. The van der Waals surface area contributed by atoms with Crippen molar-refractivity contribution in [2.45, 2.75) is 32.8 Å². The summed E-state index contributed by atoms with van der Waals surface area (Å²) in [7, 11) is 1.61. The first-order valence-electron chi connectivity index (χ1n) is 9.86. The molecule has 1 N–H and O–H groups in total. The Balaban J connectivity index is 1.94. The number of carbonyl (C=O) groups is 2. The lowest BCUT2D eigenvalue weighted by atomic mass is 9.91. The fourth-order valence-electron chi connectivity index (χ4n) is 3.44. The van der Waals surface area contributed by atoms with Crippen LogP contribution in [-0.4, -0.2) is 42.6 Å². The van der Waals surface area contributed by atoms with Gasteiger partial charge in [-0.15, -0.1) is 0 Å². The first-order chi connectivity index (χ1) is 13.8. The molecule has 1 aliphatic heterocycles. The summed E-state index contributed by atoms with van der Waals surface area (Å²) in [5.74, 6) is -0.168. The molecule has 0 atom stereocenters. The van der Waals surface area contributed by atoms with E-state index in [1.165, 1.54) is 0 Å². The van der Waals surface area contributed by atoms with Gasteiger partial charge in [-0.2, -0.15) is 0 Å². The van der Waals surface area contributed by atoms with Gasteiger partial charge in [-0.05, 0) is 55.5 Å². The van der Waals surface area contributed by atoms with Gasteiger partial charge in [0.2, 0.25) is 5.91 Å². The first-order valence-corrected chi connectivity index (χ1v) is 9.86. The number of benzene rings is 2. The molecule has 152 valence electrons. The summed E-state index contributed by atoms with van der Waals surface area (Å²) in [5, 5.41) is 2.71. The van der Waals surface area contributed by atoms with Gasteiger partial charge in [0.05, 0.1) is 6.54 Å². The van der Waals surface area contributed by atoms with E-state index in [-0.39, 0.29) is 12.5 Å². The van der Waals surface area contributed by atoms with Gasteiger partial charge in [0.15, 0.2) is 0 Å². The number of carbonyl (C=O) groups excluding carboxylic acids is 2. The molecule has 3 rings (SSSR count). The van der Waals surface area contributed by atoms with Crippen LogP contribution in [-0.2, 0) is 9.53 Å². The van der Waals surface area contributed by atoms with E-state index < -0.39 is 11.7 Å². The minimum absolute atomic E-state index is 0.168. The summed E-state index contributed by atoms with van der Waals surface area (Å²) in [6.07, 6.45) is 0.205. The molecule has 2 amide bonds. The number of hydrogen-bond donors (Lipinski definition) is 1. The highest BCUT2D eigenvalue weighted by Crippen LogP contribution is 2.31. The average Bonchev–Trinajstić information content (AvgIpc) is 2.72. The SMILES string of the molecule is CNC(=O)C1=C(c2cccc(-c3ccccc3)c2)CCN(C(=O)OC(C)(C)C)C1. The largest absolute Gasteiger partial charge is 0.444 e. The van der Waals surface area contributed by atoms with Gasteiger partial charge >= 0.3 is 6.09 Å². The molecule has 5 nitrogen and oxygen atoms in total. The summed E-state index contributed by atoms with van der Waals surface area (Å²) in [6.45, 7) is 6.26. The van der Waals surface area contributed by atoms with Crippen molar-refractivity contribution in [1.29, 1.82) is 0 Å². The smallest absolute Gasteiger partial charge is 0.410 e. The monoisotopic (exact) mass is 392 g/mol. The zero-order valence-corrected chi connectivity index (χ0v) is 17.5. The minimum Gasteiger partial charge on any atom is -0.444 e. The zero-order valence-electron chi connectivity index (χ0n) is 17.5. The summed E-state index contributed by atoms with van der Waals surface area (Å²) < 4.78 is 5.49. The third-order valence-electron chi connectivity index (χ3n) is 4.82. The molecule has 2 aromatic rings. The maximum Gasteiger partial charge on any atom is 0.410 e. The Bertz CT molecular complexity index is 927. The highest BCUT2D eigenvalue weighted by Gasteiger charge is 2.30. The second-order valence-electron chi connectivity index (χ2n) is 8.13. The van der Waals surface area contributed by atoms with Crippen molar-refractivity contribution in [1.82, 2.24) is 10.2 Å². The van der Waals surface area contributed by atoms with Crippen molar-refractivity contribution in [2.24, 2.45) is 0 Å². The van der Waals surface area contributed by atoms with Crippen LogP contribution in [0.25, 0.3) is 16.7 Å². The van der Waals surface area contributed by atoms with Crippen molar-refractivity contribution in [3.63, 3.8) is 0 Å². The summed E-state index contributed by atoms with van der Waals surface area (Å²) >= 11 is 0. The van der Waals surface area contributed by atoms with Gasteiger partial charge in [0.1, 0.15) is 5.60 Å². The van der Waals surface area contributed by atoms with Crippen molar-refractivity contribution in [2.75, 3.05) is 20.1 Å². The lowest BCUT2D eigenvalue weighted by Gasteiger charge is -2.32. The second-order valence-corrected chi connectivity index (χ2v) is 8.13. The molecular weight excluding hydrogens is 364 g/mol. The van der Waals surface area contributed by atoms with Crippen LogP contribution in [0.2, 0.25) is 0 Å². The van der Waals surface area contributed by atoms with Crippen LogP contribution in [0, 0.1) is 0 Å². The van der Waals surface area contributed by atoms with Gasteiger partial charge in [0, 0.05) is 19.2 Å². The number of ether oxygens (including phenoxy) is 1. The number of likely N-dealkylation sites (N-methyl/N-ethyl adjacent to an activating group) is 1. The van der Waals surface area contributed by atoms with Crippen LogP contribution in [0.4, 0.5) is 4.79 Å². The van der Waals surface area contributed by atoms with E-state index in [0.29, 0.717) is 18.5 Å². The summed E-state index contributed by atoms with van der Waals surface area (Å²) in [6, 6.07) is 18.3. The molecule has 2 aromatic carbocycles. The van der Waals surface area contributed by atoms with Crippen LogP contribution in [0.3, 0.4) is 0 Å². The van der Waals surface area contributed by atoms with Crippen molar-refractivity contribution in [3.05, 3.63) is 65.7 Å². The normalized spacial score (nSPS) is 14.6. The molecule has 5 heteroatoms. The van der Waals surface area contributed by atoms with Crippen molar-refractivity contribution >= 4 is 17.6 Å². The van der Waals surface area contributed by atoms with Gasteiger partial charge in [-0.3, -0.25) is 4.79 Å². The molecule has 0 bridgehead atoms. The van der Waals surface area contributed by atoms with Gasteiger partial charge < -0.3 is 15.0 Å². The standard InChI is InChI=1S/C24H28N2O3/c1-24(2,3)29-23(28)26-14-13-20(21(16-26)22(27)25-4)19-12-8-11-18(15-19)17-9-6-5-7-10-17/h5-12,15H,13-14,16H2,1-4H3,(H,25,27). The number of nitrogens with one attached hydrogen (secondary N) is 1. The second kappa shape index (κ2) is 8.52. The number of rotatable bonds is 3. The summed E-state index contributed by atoms with van der Waals surface area (Å²) in [5.41, 5.74) is 4.24. The molecule has 0 aromatic heterocycles. The third-order valence-corrected chi connectivity index (χ3v) is 4.82. The zero-order chi connectivity index (χ0) is 21.0. The Morgan fingerprint density at radius 2 is 1.62 bits per heavy atom. The Morgan fingerprint density at radius 3 is 2.28 bits per heavy atom. The molecule has 0 saturated carbocycles. The lowest BCUT2D eigenvalue weighted by Crippen LogP contribution is -2.43. The van der Waals surface area contributed by atoms with Crippen LogP contribution >= 0.6 is 0 Å².